The Morgan fingerprint density at radius 2 is 1.91 bits per heavy atom. The first kappa shape index (κ1) is 20.8. The highest BCUT2D eigenvalue weighted by molar-refractivity contribution is 5.95. The number of ether oxygens (including phenoxy) is 2. The molecule has 3 aromatic rings. The average molecular weight is 452 g/mol. The van der Waals surface area contributed by atoms with Crippen LogP contribution in [0, 0.1) is 13.8 Å². The van der Waals surface area contributed by atoms with E-state index in [-0.39, 0.29) is 6.04 Å². The van der Waals surface area contributed by atoms with E-state index in [9.17, 15) is 0 Å². The standard InChI is InChI=1S/C29H29N3O2/c1-20-21(2)32(28(23-9-4-3-5-10-23)27-19-33-14-15-34-27)29-25(20)16-30-17-26(29)31-13-12-22-8-6-7-11-24(22)18-31/h3-4,6-9,11,14-17,19,28H,5,10,12-13,18H2,1-2H3. The topological polar surface area (TPSA) is 39.5 Å². The summed E-state index contributed by atoms with van der Waals surface area (Å²) >= 11 is 0. The molecular formula is C29H29N3O2. The molecule has 2 aliphatic heterocycles. The molecule has 0 saturated carbocycles. The molecule has 3 aliphatic rings. The fourth-order valence-electron chi connectivity index (χ4n) is 5.50. The maximum atomic E-state index is 6.03. The maximum Gasteiger partial charge on any atom is 0.165 e. The quantitative estimate of drug-likeness (QED) is 0.461. The van der Waals surface area contributed by atoms with Crippen LogP contribution in [-0.2, 0) is 22.4 Å². The normalized spacial score (nSPS) is 18.1. The lowest BCUT2D eigenvalue weighted by Crippen LogP contribution is -2.31. The van der Waals surface area contributed by atoms with Crippen molar-refractivity contribution in [2.75, 3.05) is 11.4 Å². The molecule has 0 bridgehead atoms. The van der Waals surface area contributed by atoms with E-state index in [0.29, 0.717) is 0 Å². The number of pyridine rings is 1. The van der Waals surface area contributed by atoms with Crippen LogP contribution in [0.1, 0.15) is 41.3 Å². The molecule has 1 aliphatic carbocycles. The molecule has 1 atom stereocenters. The lowest BCUT2D eigenvalue weighted by molar-refractivity contribution is 0.227. The minimum atomic E-state index is -0.0793. The second-order valence-corrected chi connectivity index (χ2v) is 9.23. The van der Waals surface area contributed by atoms with Gasteiger partial charge in [0.05, 0.1) is 17.4 Å². The van der Waals surface area contributed by atoms with Crippen molar-refractivity contribution in [1.29, 1.82) is 0 Å². The molecule has 0 N–H and O–H groups in total. The number of hydrogen-bond acceptors (Lipinski definition) is 4. The monoisotopic (exact) mass is 451 g/mol. The molecule has 5 nitrogen and oxygen atoms in total. The van der Waals surface area contributed by atoms with Gasteiger partial charge in [-0.2, -0.15) is 0 Å². The summed E-state index contributed by atoms with van der Waals surface area (Å²) in [5.74, 6) is 0.802. The Balaban J connectivity index is 1.55. The minimum Gasteiger partial charge on any atom is -0.466 e. The third kappa shape index (κ3) is 3.43. The molecule has 0 radical (unpaired) electrons. The maximum absolute atomic E-state index is 6.03. The van der Waals surface area contributed by atoms with Gasteiger partial charge in [-0.3, -0.25) is 4.98 Å². The van der Waals surface area contributed by atoms with Crippen LogP contribution in [0.3, 0.4) is 0 Å². The van der Waals surface area contributed by atoms with Gasteiger partial charge in [0.1, 0.15) is 24.8 Å². The Kier molecular flexibility index (Phi) is 5.25. The number of allylic oxidation sites excluding steroid dienone is 4. The Labute approximate surface area is 200 Å². The van der Waals surface area contributed by atoms with Crippen LogP contribution < -0.4 is 4.90 Å². The Hall–Kier alpha value is -3.73. The summed E-state index contributed by atoms with van der Waals surface area (Å²) < 4.78 is 14.1. The number of rotatable bonds is 4. The van der Waals surface area contributed by atoms with E-state index in [0.717, 1.165) is 38.1 Å². The molecule has 0 spiro atoms. The second kappa shape index (κ2) is 8.56. The second-order valence-electron chi connectivity index (χ2n) is 9.23. The number of benzene rings is 1. The molecule has 6 rings (SSSR count). The van der Waals surface area contributed by atoms with Gasteiger partial charge in [0.2, 0.25) is 0 Å². The van der Waals surface area contributed by atoms with Gasteiger partial charge < -0.3 is 18.9 Å². The molecule has 0 amide bonds. The van der Waals surface area contributed by atoms with E-state index in [2.05, 4.69) is 70.8 Å². The number of aryl methyl sites for hydroxylation is 1. The van der Waals surface area contributed by atoms with Crippen molar-refractivity contribution in [3.63, 3.8) is 0 Å². The van der Waals surface area contributed by atoms with Gasteiger partial charge in [0.15, 0.2) is 5.76 Å². The fourth-order valence-corrected chi connectivity index (χ4v) is 5.50. The van der Waals surface area contributed by atoms with Crippen molar-refractivity contribution < 1.29 is 9.47 Å². The Morgan fingerprint density at radius 1 is 1.03 bits per heavy atom. The molecule has 1 aromatic carbocycles. The van der Waals surface area contributed by atoms with Gasteiger partial charge in [-0.1, -0.05) is 42.5 Å². The van der Waals surface area contributed by atoms with Gasteiger partial charge in [-0.05, 0) is 55.4 Å². The van der Waals surface area contributed by atoms with Gasteiger partial charge >= 0.3 is 0 Å². The first-order valence-electron chi connectivity index (χ1n) is 12.0. The first-order chi connectivity index (χ1) is 16.7. The number of fused-ring (bicyclic) bond motifs is 2. The summed E-state index contributed by atoms with van der Waals surface area (Å²) in [4.78, 5) is 7.16. The van der Waals surface area contributed by atoms with Crippen molar-refractivity contribution in [2.45, 2.75) is 45.7 Å². The van der Waals surface area contributed by atoms with Crippen LogP contribution in [-0.4, -0.2) is 16.1 Å². The zero-order valence-corrected chi connectivity index (χ0v) is 19.7. The molecule has 1 unspecified atom stereocenters. The molecule has 0 saturated heterocycles. The summed E-state index contributed by atoms with van der Waals surface area (Å²) in [7, 11) is 0. The summed E-state index contributed by atoms with van der Waals surface area (Å²) in [6.07, 6.45) is 18.6. The van der Waals surface area contributed by atoms with Crippen LogP contribution in [0.2, 0.25) is 0 Å². The van der Waals surface area contributed by atoms with Crippen molar-refractivity contribution >= 4 is 16.6 Å². The van der Waals surface area contributed by atoms with Crippen molar-refractivity contribution in [3.8, 4) is 0 Å². The largest absolute Gasteiger partial charge is 0.466 e. The zero-order valence-electron chi connectivity index (χ0n) is 19.7. The minimum absolute atomic E-state index is 0.0793. The van der Waals surface area contributed by atoms with Gasteiger partial charge in [-0.15, -0.1) is 0 Å². The third-order valence-electron chi connectivity index (χ3n) is 7.37. The smallest absolute Gasteiger partial charge is 0.165 e. The summed E-state index contributed by atoms with van der Waals surface area (Å²) in [5, 5.41) is 1.19. The average Bonchev–Trinajstić information content (AvgIpc) is 3.15. The highest BCUT2D eigenvalue weighted by atomic mass is 16.5. The van der Waals surface area contributed by atoms with Crippen LogP contribution in [0.25, 0.3) is 10.9 Å². The predicted molar refractivity (Wildman–Crippen MR) is 135 cm³/mol. The van der Waals surface area contributed by atoms with Gasteiger partial charge in [-0.25, -0.2) is 0 Å². The van der Waals surface area contributed by atoms with E-state index < -0.39 is 0 Å². The van der Waals surface area contributed by atoms with Gasteiger partial charge in [0.25, 0.3) is 0 Å². The molecule has 34 heavy (non-hydrogen) atoms. The number of nitrogens with zero attached hydrogens (tertiary/aromatic N) is 3. The number of aromatic nitrogens is 2. The van der Waals surface area contributed by atoms with E-state index in [1.807, 2.05) is 12.4 Å². The zero-order chi connectivity index (χ0) is 23.1. The van der Waals surface area contributed by atoms with E-state index >= 15 is 0 Å². The van der Waals surface area contributed by atoms with E-state index in [4.69, 9.17) is 9.47 Å². The highest BCUT2D eigenvalue weighted by Gasteiger charge is 2.30. The van der Waals surface area contributed by atoms with Crippen molar-refractivity contribution in [1.82, 2.24) is 9.55 Å². The highest BCUT2D eigenvalue weighted by Crippen LogP contribution is 2.42. The molecule has 0 fully saturated rings. The predicted octanol–water partition coefficient (Wildman–Crippen LogP) is 6.39. The van der Waals surface area contributed by atoms with E-state index in [1.54, 1.807) is 18.8 Å². The Bertz CT molecular complexity index is 1380. The van der Waals surface area contributed by atoms with Gasteiger partial charge in [0, 0.05) is 30.4 Å². The van der Waals surface area contributed by atoms with Crippen LogP contribution in [0.15, 0.2) is 85.0 Å². The lowest BCUT2D eigenvalue weighted by Gasteiger charge is -2.33. The fraction of sp³-hybridized carbons (Fsp3) is 0.276. The lowest BCUT2D eigenvalue weighted by atomic mass is 9.95. The third-order valence-corrected chi connectivity index (χ3v) is 7.37. The molecule has 2 aromatic heterocycles. The summed E-state index contributed by atoms with van der Waals surface area (Å²) in [6.45, 7) is 6.27. The Morgan fingerprint density at radius 3 is 2.71 bits per heavy atom. The van der Waals surface area contributed by atoms with Crippen LogP contribution >= 0.6 is 0 Å². The molecule has 5 heteroatoms. The summed E-state index contributed by atoms with van der Waals surface area (Å²) in [6, 6.07) is 8.70. The molecule has 4 heterocycles. The van der Waals surface area contributed by atoms with Crippen molar-refractivity contribution in [3.05, 3.63) is 107 Å². The molecular weight excluding hydrogens is 422 g/mol. The number of hydrogen-bond donors (Lipinski definition) is 0. The molecule has 172 valence electrons. The SMILES string of the molecule is Cc1c(C)n(C(C2=CC=CCC2)C2=COC=CO2)c2c(N3CCc4ccccc4C3)cncc12. The van der Waals surface area contributed by atoms with Crippen LogP contribution in [0.5, 0.6) is 0 Å². The van der Waals surface area contributed by atoms with E-state index in [1.165, 1.54) is 44.5 Å². The van der Waals surface area contributed by atoms with Crippen LogP contribution in [0.4, 0.5) is 5.69 Å². The first-order valence-corrected chi connectivity index (χ1v) is 12.0. The van der Waals surface area contributed by atoms with Crippen molar-refractivity contribution in [2.24, 2.45) is 0 Å². The summed E-state index contributed by atoms with van der Waals surface area (Å²) in [5.41, 5.74) is 9.03. The number of anilines is 1.